The minimum absolute atomic E-state index is 0.0274. The second-order valence-corrected chi connectivity index (χ2v) is 7.04. The van der Waals surface area contributed by atoms with Crippen LogP contribution in [0.25, 0.3) is 0 Å². The Balaban J connectivity index is 1.54. The van der Waals surface area contributed by atoms with Gasteiger partial charge in [-0.1, -0.05) is 41.6 Å². The fraction of sp³-hybridized carbons (Fsp3) is 0.412. The Hall–Kier alpha value is -2.19. The molecule has 0 aromatic heterocycles. The van der Waals surface area contributed by atoms with Crippen LogP contribution >= 0.6 is 11.8 Å². The summed E-state index contributed by atoms with van der Waals surface area (Å²) in [6, 6.07) is 7.88. The number of rotatable bonds is 4. The lowest BCUT2D eigenvalue weighted by molar-refractivity contribution is -0.136. The smallest absolute Gasteiger partial charge is 0.240 e. The van der Waals surface area contributed by atoms with Gasteiger partial charge < -0.3 is 15.0 Å². The lowest BCUT2D eigenvalue weighted by atomic mass is 10.2. The van der Waals surface area contributed by atoms with Crippen molar-refractivity contribution in [2.45, 2.75) is 18.6 Å². The van der Waals surface area contributed by atoms with E-state index in [2.05, 4.69) is 15.5 Å². The first kappa shape index (κ1) is 17.6. The van der Waals surface area contributed by atoms with Crippen LogP contribution in [0, 0.1) is 6.92 Å². The molecule has 2 amide bonds. The van der Waals surface area contributed by atoms with Gasteiger partial charge in [-0.05, 0) is 12.5 Å². The zero-order valence-electron chi connectivity index (χ0n) is 14.0. The van der Waals surface area contributed by atoms with Gasteiger partial charge in [0.25, 0.3) is 0 Å². The van der Waals surface area contributed by atoms with Crippen LogP contribution in [0.5, 0.6) is 0 Å². The molecule has 0 unspecified atom stereocenters. The summed E-state index contributed by atoms with van der Waals surface area (Å²) in [5, 5.41) is 10.7. The summed E-state index contributed by atoms with van der Waals surface area (Å²) in [6.45, 7) is 4.29. The molecule has 2 aliphatic heterocycles. The van der Waals surface area contributed by atoms with Gasteiger partial charge >= 0.3 is 0 Å². The summed E-state index contributed by atoms with van der Waals surface area (Å²) < 4.78 is 5.23. The minimum atomic E-state index is -0.455. The van der Waals surface area contributed by atoms with E-state index in [1.54, 1.807) is 11.1 Å². The first-order chi connectivity index (χ1) is 12.1. The highest BCUT2D eigenvalue weighted by Crippen LogP contribution is 2.23. The van der Waals surface area contributed by atoms with Gasteiger partial charge in [-0.2, -0.15) is 5.10 Å². The molecule has 2 aliphatic rings. The van der Waals surface area contributed by atoms with Crippen molar-refractivity contribution >= 4 is 35.0 Å². The highest BCUT2D eigenvalue weighted by atomic mass is 32.2. The van der Waals surface area contributed by atoms with Crippen LogP contribution in [0.1, 0.15) is 17.5 Å². The fourth-order valence-corrected chi connectivity index (χ4v) is 3.40. The fourth-order valence-electron chi connectivity index (χ4n) is 2.49. The maximum atomic E-state index is 12.2. The van der Waals surface area contributed by atoms with Gasteiger partial charge in [0.15, 0.2) is 5.17 Å². The quantitative estimate of drug-likeness (QED) is 0.645. The Bertz CT molecular complexity index is 696. The van der Waals surface area contributed by atoms with Crippen molar-refractivity contribution in [1.82, 2.24) is 10.2 Å². The van der Waals surface area contributed by atoms with Crippen molar-refractivity contribution in [2.24, 2.45) is 10.2 Å². The Labute approximate surface area is 150 Å². The molecule has 1 aromatic carbocycles. The number of amides is 2. The summed E-state index contributed by atoms with van der Waals surface area (Å²) >= 11 is 1.25. The molecule has 8 heteroatoms. The first-order valence-electron chi connectivity index (χ1n) is 8.12. The van der Waals surface area contributed by atoms with E-state index < -0.39 is 5.25 Å². The van der Waals surface area contributed by atoms with Crippen LogP contribution in [0.4, 0.5) is 0 Å². The molecule has 0 spiro atoms. The number of aryl methyl sites for hydroxylation is 1. The second kappa shape index (κ2) is 8.26. The standard InChI is InChI=1S/C17H20N4O3S/c1-12-2-4-13(5-3-12)11-18-20-17-19-16(23)14(25-17)10-15(22)21-6-8-24-9-7-21/h2-5,11,14H,6-10H2,1H3,(H,19,20,23)/b18-11-/t14-/m1/s1. The van der Waals surface area contributed by atoms with E-state index in [4.69, 9.17) is 4.74 Å². The van der Waals surface area contributed by atoms with Gasteiger partial charge in [0.1, 0.15) is 5.25 Å². The van der Waals surface area contributed by atoms with Crippen molar-refractivity contribution in [3.05, 3.63) is 35.4 Å². The molecule has 1 aromatic rings. The summed E-state index contributed by atoms with van der Waals surface area (Å²) in [7, 11) is 0. The van der Waals surface area contributed by atoms with E-state index in [0.717, 1.165) is 5.56 Å². The zero-order valence-corrected chi connectivity index (χ0v) is 14.8. The summed E-state index contributed by atoms with van der Waals surface area (Å²) in [5.41, 5.74) is 2.11. The zero-order chi connectivity index (χ0) is 17.6. The molecule has 0 aliphatic carbocycles. The molecule has 7 nitrogen and oxygen atoms in total. The Morgan fingerprint density at radius 3 is 2.80 bits per heavy atom. The normalized spacial score (nSPS) is 22.6. The van der Waals surface area contributed by atoms with Crippen molar-refractivity contribution in [3.63, 3.8) is 0 Å². The van der Waals surface area contributed by atoms with Crippen LogP contribution in [0.15, 0.2) is 34.5 Å². The molecule has 1 N–H and O–H groups in total. The number of carbonyl (C=O) groups is 2. The van der Waals surface area contributed by atoms with E-state index in [1.807, 2.05) is 31.2 Å². The number of amidine groups is 1. The van der Waals surface area contributed by atoms with E-state index in [9.17, 15) is 9.59 Å². The summed E-state index contributed by atoms with van der Waals surface area (Å²) in [4.78, 5) is 26.0. The van der Waals surface area contributed by atoms with Crippen LogP contribution in [-0.2, 0) is 14.3 Å². The lowest BCUT2D eigenvalue weighted by Gasteiger charge is -2.27. The number of thioether (sulfide) groups is 1. The Morgan fingerprint density at radius 1 is 1.36 bits per heavy atom. The highest BCUT2D eigenvalue weighted by Gasteiger charge is 2.33. The molecule has 2 fully saturated rings. The number of hydrogen-bond donors (Lipinski definition) is 1. The number of hydrogen-bond acceptors (Lipinski definition) is 6. The summed E-state index contributed by atoms with van der Waals surface area (Å²) in [5.74, 6) is -0.226. The van der Waals surface area contributed by atoms with E-state index in [1.165, 1.54) is 17.3 Å². The number of benzene rings is 1. The molecule has 0 saturated carbocycles. The lowest BCUT2D eigenvalue weighted by Crippen LogP contribution is -2.42. The van der Waals surface area contributed by atoms with Crippen LogP contribution in [-0.4, -0.2) is 59.6 Å². The van der Waals surface area contributed by atoms with Crippen LogP contribution in [0.2, 0.25) is 0 Å². The third kappa shape index (κ3) is 4.90. The molecule has 25 heavy (non-hydrogen) atoms. The van der Waals surface area contributed by atoms with E-state index in [-0.39, 0.29) is 18.2 Å². The summed E-state index contributed by atoms with van der Waals surface area (Å²) in [6.07, 6.45) is 1.79. The predicted octanol–water partition coefficient (Wildman–Crippen LogP) is 1.17. The number of ether oxygens (including phenoxy) is 1. The van der Waals surface area contributed by atoms with Gasteiger partial charge in [0, 0.05) is 19.5 Å². The average Bonchev–Trinajstić information content (AvgIpc) is 2.97. The SMILES string of the molecule is Cc1ccc(/C=N\N=C2/NC(=O)[C@@H](CC(=O)N3CCOCC3)S2)cc1. The van der Waals surface area contributed by atoms with Crippen molar-refractivity contribution in [1.29, 1.82) is 0 Å². The topological polar surface area (TPSA) is 83.4 Å². The maximum absolute atomic E-state index is 12.2. The van der Waals surface area contributed by atoms with E-state index >= 15 is 0 Å². The van der Waals surface area contributed by atoms with Crippen molar-refractivity contribution in [2.75, 3.05) is 26.3 Å². The molecule has 1 atom stereocenters. The third-order valence-corrected chi connectivity index (χ3v) is 5.01. The third-order valence-electron chi connectivity index (χ3n) is 3.93. The molecular formula is C17H20N4O3S. The van der Waals surface area contributed by atoms with Gasteiger partial charge in [0.05, 0.1) is 19.4 Å². The molecule has 0 radical (unpaired) electrons. The molecule has 3 rings (SSSR count). The second-order valence-electron chi connectivity index (χ2n) is 5.85. The predicted molar refractivity (Wildman–Crippen MR) is 97.7 cm³/mol. The molecular weight excluding hydrogens is 340 g/mol. The number of carbonyl (C=O) groups excluding carboxylic acids is 2. The van der Waals surface area contributed by atoms with Crippen molar-refractivity contribution < 1.29 is 14.3 Å². The number of morpholine rings is 1. The molecule has 2 saturated heterocycles. The van der Waals surface area contributed by atoms with Gasteiger partial charge in [-0.25, -0.2) is 0 Å². The van der Waals surface area contributed by atoms with Crippen LogP contribution in [0.3, 0.4) is 0 Å². The van der Waals surface area contributed by atoms with Gasteiger partial charge in [-0.15, -0.1) is 5.10 Å². The minimum Gasteiger partial charge on any atom is -0.378 e. The Morgan fingerprint density at radius 2 is 2.08 bits per heavy atom. The monoisotopic (exact) mass is 360 g/mol. The first-order valence-corrected chi connectivity index (χ1v) is 9.00. The molecule has 132 valence electrons. The van der Waals surface area contributed by atoms with Crippen LogP contribution < -0.4 is 5.32 Å². The maximum Gasteiger partial charge on any atom is 0.240 e. The van der Waals surface area contributed by atoms with Gasteiger partial charge in [-0.3, -0.25) is 9.59 Å². The largest absolute Gasteiger partial charge is 0.378 e. The van der Waals surface area contributed by atoms with E-state index in [0.29, 0.717) is 31.5 Å². The van der Waals surface area contributed by atoms with Gasteiger partial charge in [0.2, 0.25) is 11.8 Å². The number of nitrogens with one attached hydrogen (secondary N) is 1. The van der Waals surface area contributed by atoms with Crippen molar-refractivity contribution in [3.8, 4) is 0 Å². The Kier molecular flexibility index (Phi) is 5.83. The number of nitrogens with zero attached hydrogens (tertiary/aromatic N) is 3. The average molecular weight is 360 g/mol. The molecule has 2 heterocycles. The molecule has 0 bridgehead atoms. The highest BCUT2D eigenvalue weighted by molar-refractivity contribution is 8.15.